The van der Waals surface area contributed by atoms with E-state index in [9.17, 15) is 5.11 Å². The van der Waals surface area contributed by atoms with Gasteiger partial charge in [0.1, 0.15) is 11.6 Å². The van der Waals surface area contributed by atoms with E-state index in [0.29, 0.717) is 6.04 Å². The van der Waals surface area contributed by atoms with E-state index in [2.05, 4.69) is 33.5 Å². The van der Waals surface area contributed by atoms with Crippen molar-refractivity contribution in [3.8, 4) is 0 Å². The highest BCUT2D eigenvalue weighted by atomic mass is 16.3. The monoisotopic (exact) mass is 308 g/mol. The van der Waals surface area contributed by atoms with E-state index < -0.39 is 0 Å². The van der Waals surface area contributed by atoms with Gasteiger partial charge in [-0.3, -0.25) is 4.90 Å². The van der Waals surface area contributed by atoms with Crippen molar-refractivity contribution in [2.45, 2.75) is 78.4 Å². The van der Waals surface area contributed by atoms with E-state index >= 15 is 0 Å². The zero-order chi connectivity index (χ0) is 15.9. The SMILES string of the molecule is CCCn1c(C)nnc1CN(CCO)C(C)C1CCCCC1. The molecule has 1 fully saturated rings. The van der Waals surface area contributed by atoms with Crippen molar-refractivity contribution in [1.29, 1.82) is 0 Å². The van der Waals surface area contributed by atoms with Gasteiger partial charge in [0.15, 0.2) is 0 Å². The van der Waals surface area contributed by atoms with Gasteiger partial charge in [-0.25, -0.2) is 0 Å². The fourth-order valence-electron chi connectivity index (χ4n) is 3.71. The summed E-state index contributed by atoms with van der Waals surface area (Å²) >= 11 is 0. The molecule has 1 aromatic heterocycles. The number of aliphatic hydroxyl groups is 1. The summed E-state index contributed by atoms with van der Waals surface area (Å²) in [6.45, 7) is 9.21. The lowest BCUT2D eigenvalue weighted by molar-refractivity contribution is 0.0952. The Balaban J connectivity index is 2.07. The van der Waals surface area contributed by atoms with E-state index in [0.717, 1.165) is 43.6 Å². The van der Waals surface area contributed by atoms with Gasteiger partial charge in [-0.2, -0.15) is 0 Å². The van der Waals surface area contributed by atoms with Crippen LogP contribution in [0.4, 0.5) is 0 Å². The predicted octanol–water partition coefficient (Wildman–Crippen LogP) is 2.76. The van der Waals surface area contributed by atoms with Crippen molar-refractivity contribution in [3.63, 3.8) is 0 Å². The van der Waals surface area contributed by atoms with Crippen molar-refractivity contribution in [2.24, 2.45) is 5.92 Å². The Morgan fingerprint density at radius 2 is 2.00 bits per heavy atom. The maximum atomic E-state index is 9.46. The fraction of sp³-hybridized carbons (Fsp3) is 0.882. The van der Waals surface area contributed by atoms with E-state index in [1.165, 1.54) is 32.1 Å². The minimum atomic E-state index is 0.206. The van der Waals surface area contributed by atoms with E-state index in [1.54, 1.807) is 0 Å². The van der Waals surface area contributed by atoms with Crippen LogP contribution in [0.5, 0.6) is 0 Å². The molecular formula is C17H32N4O. The summed E-state index contributed by atoms with van der Waals surface area (Å²) < 4.78 is 2.22. The van der Waals surface area contributed by atoms with Gasteiger partial charge in [0.25, 0.3) is 0 Å². The van der Waals surface area contributed by atoms with Crippen LogP contribution in [0.2, 0.25) is 0 Å². The van der Waals surface area contributed by atoms with Crippen LogP contribution in [-0.2, 0) is 13.1 Å². The molecule has 22 heavy (non-hydrogen) atoms. The van der Waals surface area contributed by atoms with Gasteiger partial charge in [-0.1, -0.05) is 26.2 Å². The fourth-order valence-corrected chi connectivity index (χ4v) is 3.71. The van der Waals surface area contributed by atoms with Crippen LogP contribution in [0.25, 0.3) is 0 Å². The normalized spacial score (nSPS) is 18.0. The summed E-state index contributed by atoms with van der Waals surface area (Å²) in [7, 11) is 0. The van der Waals surface area contributed by atoms with Crippen molar-refractivity contribution >= 4 is 0 Å². The van der Waals surface area contributed by atoms with Crippen molar-refractivity contribution < 1.29 is 5.11 Å². The summed E-state index contributed by atoms with van der Waals surface area (Å²) in [5.74, 6) is 2.78. The molecule has 0 bridgehead atoms. The summed E-state index contributed by atoms with van der Waals surface area (Å²) in [5.41, 5.74) is 0. The van der Waals surface area contributed by atoms with Gasteiger partial charge in [0, 0.05) is 19.1 Å². The van der Waals surface area contributed by atoms with Gasteiger partial charge < -0.3 is 9.67 Å². The molecule has 1 unspecified atom stereocenters. The van der Waals surface area contributed by atoms with Crippen molar-refractivity contribution in [2.75, 3.05) is 13.2 Å². The van der Waals surface area contributed by atoms with Crippen molar-refractivity contribution in [1.82, 2.24) is 19.7 Å². The number of nitrogens with zero attached hydrogens (tertiary/aromatic N) is 4. The van der Waals surface area contributed by atoms with Crippen molar-refractivity contribution in [3.05, 3.63) is 11.6 Å². The largest absolute Gasteiger partial charge is 0.395 e. The molecule has 1 N–H and O–H groups in total. The zero-order valence-corrected chi connectivity index (χ0v) is 14.5. The Bertz CT molecular complexity index is 440. The van der Waals surface area contributed by atoms with Crippen LogP contribution in [0.3, 0.4) is 0 Å². The molecule has 1 aliphatic carbocycles. The minimum Gasteiger partial charge on any atom is -0.395 e. The van der Waals surface area contributed by atoms with Crippen LogP contribution in [0.1, 0.15) is 64.0 Å². The molecule has 0 radical (unpaired) electrons. The van der Waals surface area contributed by atoms with Crippen LogP contribution in [0.15, 0.2) is 0 Å². The zero-order valence-electron chi connectivity index (χ0n) is 14.5. The number of hydrogen-bond acceptors (Lipinski definition) is 4. The molecule has 5 nitrogen and oxygen atoms in total. The third kappa shape index (κ3) is 4.29. The number of hydrogen-bond donors (Lipinski definition) is 1. The van der Waals surface area contributed by atoms with Gasteiger partial charge in [-0.15, -0.1) is 10.2 Å². The average Bonchev–Trinajstić information content (AvgIpc) is 2.88. The van der Waals surface area contributed by atoms with Gasteiger partial charge in [-0.05, 0) is 39.0 Å². The third-order valence-corrected chi connectivity index (χ3v) is 5.10. The lowest BCUT2D eigenvalue weighted by Crippen LogP contribution is -2.41. The second-order valence-electron chi connectivity index (χ2n) is 6.65. The molecule has 0 saturated heterocycles. The van der Waals surface area contributed by atoms with Crippen LogP contribution in [-0.4, -0.2) is 44.0 Å². The lowest BCUT2D eigenvalue weighted by Gasteiger charge is -2.36. The smallest absolute Gasteiger partial charge is 0.147 e. The second-order valence-corrected chi connectivity index (χ2v) is 6.65. The minimum absolute atomic E-state index is 0.206. The first-order valence-electron chi connectivity index (χ1n) is 8.91. The quantitative estimate of drug-likeness (QED) is 0.802. The van der Waals surface area contributed by atoms with E-state index in [4.69, 9.17) is 0 Å². The average molecular weight is 308 g/mol. The highest BCUT2D eigenvalue weighted by Crippen LogP contribution is 2.29. The number of aryl methyl sites for hydroxylation is 1. The molecule has 1 atom stereocenters. The first-order valence-corrected chi connectivity index (χ1v) is 8.91. The summed E-state index contributed by atoms with van der Waals surface area (Å²) in [6.07, 6.45) is 7.82. The van der Waals surface area contributed by atoms with Gasteiger partial charge in [0.2, 0.25) is 0 Å². The lowest BCUT2D eigenvalue weighted by atomic mass is 9.84. The molecular weight excluding hydrogens is 276 g/mol. The third-order valence-electron chi connectivity index (χ3n) is 5.10. The molecule has 1 aliphatic rings. The summed E-state index contributed by atoms with van der Waals surface area (Å²) in [6, 6.07) is 0.500. The highest BCUT2D eigenvalue weighted by Gasteiger charge is 2.26. The molecule has 2 rings (SSSR count). The Labute approximate surface area is 134 Å². The first kappa shape index (κ1) is 17.4. The number of aromatic nitrogens is 3. The molecule has 0 spiro atoms. The van der Waals surface area contributed by atoms with Gasteiger partial charge in [0.05, 0.1) is 13.2 Å². The molecule has 0 aromatic carbocycles. The van der Waals surface area contributed by atoms with E-state index in [-0.39, 0.29) is 6.61 Å². The maximum absolute atomic E-state index is 9.46. The molecule has 0 amide bonds. The van der Waals surface area contributed by atoms with Crippen LogP contribution >= 0.6 is 0 Å². The predicted molar refractivity (Wildman–Crippen MR) is 88.6 cm³/mol. The number of aliphatic hydroxyl groups excluding tert-OH is 1. The summed E-state index contributed by atoms with van der Waals surface area (Å²) in [5, 5.41) is 18.1. The molecule has 126 valence electrons. The molecule has 1 saturated carbocycles. The van der Waals surface area contributed by atoms with Crippen LogP contribution < -0.4 is 0 Å². The molecule has 1 heterocycles. The van der Waals surface area contributed by atoms with Gasteiger partial charge >= 0.3 is 0 Å². The number of rotatable bonds is 8. The molecule has 0 aliphatic heterocycles. The summed E-state index contributed by atoms with van der Waals surface area (Å²) in [4.78, 5) is 2.39. The Hall–Kier alpha value is -0.940. The molecule has 5 heteroatoms. The Kier molecular flexibility index (Phi) is 6.83. The molecule has 1 aromatic rings. The standard InChI is InChI=1S/C17H32N4O/c1-4-10-21-15(3)18-19-17(21)13-20(11-12-22)14(2)16-8-6-5-7-9-16/h14,16,22H,4-13H2,1-3H3. The van der Waals surface area contributed by atoms with Crippen LogP contribution in [0, 0.1) is 12.8 Å². The highest BCUT2D eigenvalue weighted by molar-refractivity contribution is 4.95. The second kappa shape index (κ2) is 8.63. The maximum Gasteiger partial charge on any atom is 0.147 e. The first-order chi connectivity index (χ1) is 10.7. The topological polar surface area (TPSA) is 54.2 Å². The Morgan fingerprint density at radius 1 is 1.27 bits per heavy atom. The van der Waals surface area contributed by atoms with E-state index in [1.807, 2.05) is 6.92 Å². The Morgan fingerprint density at radius 3 is 2.64 bits per heavy atom.